The Morgan fingerprint density at radius 3 is 1.96 bits per heavy atom. The number of para-hydroxylation sites is 2. The van der Waals surface area contributed by atoms with Gasteiger partial charge in [0.1, 0.15) is 0 Å². The molecule has 27 heavy (non-hydrogen) atoms. The van der Waals surface area contributed by atoms with Crippen molar-refractivity contribution < 1.29 is 23.7 Å². The van der Waals surface area contributed by atoms with Gasteiger partial charge in [0.05, 0.1) is 39.5 Å². The van der Waals surface area contributed by atoms with Crippen LogP contribution in [0.2, 0.25) is 0 Å². The summed E-state index contributed by atoms with van der Waals surface area (Å²) in [6, 6.07) is 10.5. The van der Waals surface area contributed by atoms with Crippen molar-refractivity contribution in [1.82, 2.24) is 9.97 Å². The lowest BCUT2D eigenvalue weighted by atomic mass is 10.2. The molecule has 0 radical (unpaired) electrons. The second-order valence-corrected chi connectivity index (χ2v) is 5.44. The van der Waals surface area contributed by atoms with Crippen LogP contribution in [0, 0.1) is 0 Å². The molecule has 0 fully saturated rings. The van der Waals surface area contributed by atoms with Crippen LogP contribution < -0.4 is 24.3 Å². The lowest BCUT2D eigenvalue weighted by molar-refractivity contribution is 0.101. The van der Waals surface area contributed by atoms with Gasteiger partial charge in [-0.05, 0) is 12.1 Å². The third kappa shape index (κ3) is 3.55. The van der Waals surface area contributed by atoms with Crippen LogP contribution in [0.1, 0.15) is 10.5 Å². The van der Waals surface area contributed by atoms with Crippen molar-refractivity contribution in [3.63, 3.8) is 0 Å². The number of nitrogens with one attached hydrogen (secondary N) is 1. The standard InChI is InChI=1S/C19H19N3O5/c1-24-14-9-11(10-15(25-2)17(14)26-3)20-18(23)16-19(27-4)22-13-8-6-5-7-12(13)21-16/h5-10H,1-4H3,(H,20,23). The van der Waals surface area contributed by atoms with E-state index in [1.807, 2.05) is 12.1 Å². The van der Waals surface area contributed by atoms with Crippen molar-refractivity contribution in [3.8, 4) is 23.1 Å². The van der Waals surface area contributed by atoms with Gasteiger partial charge in [0.25, 0.3) is 5.91 Å². The van der Waals surface area contributed by atoms with E-state index < -0.39 is 5.91 Å². The van der Waals surface area contributed by atoms with Crippen LogP contribution in [0.4, 0.5) is 5.69 Å². The number of aromatic nitrogens is 2. The van der Waals surface area contributed by atoms with E-state index in [0.717, 1.165) is 0 Å². The van der Waals surface area contributed by atoms with Crippen LogP contribution >= 0.6 is 0 Å². The molecule has 0 aliphatic rings. The predicted molar refractivity (Wildman–Crippen MR) is 100 cm³/mol. The highest BCUT2D eigenvalue weighted by molar-refractivity contribution is 6.05. The highest BCUT2D eigenvalue weighted by atomic mass is 16.5. The lowest BCUT2D eigenvalue weighted by Gasteiger charge is -2.15. The number of carbonyl (C=O) groups excluding carboxylic acids is 1. The normalized spacial score (nSPS) is 10.4. The van der Waals surface area contributed by atoms with Crippen LogP contribution in [0.15, 0.2) is 36.4 Å². The Labute approximate surface area is 156 Å². The first-order valence-electron chi connectivity index (χ1n) is 8.03. The molecule has 8 heteroatoms. The lowest BCUT2D eigenvalue weighted by Crippen LogP contribution is -2.16. The van der Waals surface area contributed by atoms with Gasteiger partial charge in [0.15, 0.2) is 17.2 Å². The summed E-state index contributed by atoms with van der Waals surface area (Å²) in [5, 5.41) is 2.76. The van der Waals surface area contributed by atoms with E-state index in [9.17, 15) is 4.79 Å². The summed E-state index contributed by atoms with van der Waals surface area (Å²) >= 11 is 0. The van der Waals surface area contributed by atoms with E-state index in [0.29, 0.717) is 34.0 Å². The van der Waals surface area contributed by atoms with Crippen molar-refractivity contribution in [2.75, 3.05) is 33.8 Å². The van der Waals surface area contributed by atoms with Gasteiger partial charge < -0.3 is 24.3 Å². The molecule has 1 amide bonds. The molecule has 1 heterocycles. The Hall–Kier alpha value is -3.55. The Balaban J connectivity index is 1.99. The van der Waals surface area contributed by atoms with Gasteiger partial charge >= 0.3 is 0 Å². The van der Waals surface area contributed by atoms with Gasteiger partial charge in [-0.2, -0.15) is 0 Å². The first kappa shape index (κ1) is 18.2. The summed E-state index contributed by atoms with van der Waals surface area (Å²) in [5.41, 5.74) is 1.75. The first-order valence-corrected chi connectivity index (χ1v) is 8.03. The van der Waals surface area contributed by atoms with Gasteiger partial charge in [-0.15, -0.1) is 0 Å². The number of fused-ring (bicyclic) bond motifs is 1. The largest absolute Gasteiger partial charge is 0.493 e. The fraction of sp³-hybridized carbons (Fsp3) is 0.211. The highest BCUT2D eigenvalue weighted by Gasteiger charge is 2.20. The van der Waals surface area contributed by atoms with Crippen LogP contribution in [-0.4, -0.2) is 44.3 Å². The molecule has 0 unspecified atom stereocenters. The zero-order chi connectivity index (χ0) is 19.4. The number of nitrogens with zero attached hydrogens (tertiary/aromatic N) is 2. The van der Waals surface area contributed by atoms with E-state index in [-0.39, 0.29) is 11.6 Å². The average Bonchev–Trinajstić information content (AvgIpc) is 2.71. The number of anilines is 1. The fourth-order valence-electron chi connectivity index (χ4n) is 2.62. The van der Waals surface area contributed by atoms with Crippen molar-refractivity contribution in [3.05, 3.63) is 42.1 Å². The van der Waals surface area contributed by atoms with E-state index in [1.54, 1.807) is 24.3 Å². The topological polar surface area (TPSA) is 91.8 Å². The maximum absolute atomic E-state index is 12.8. The smallest absolute Gasteiger partial charge is 0.279 e. The third-order valence-electron chi connectivity index (χ3n) is 3.87. The summed E-state index contributed by atoms with van der Waals surface area (Å²) < 4.78 is 21.1. The summed E-state index contributed by atoms with van der Waals surface area (Å²) in [5.74, 6) is 0.937. The van der Waals surface area contributed by atoms with Crippen LogP contribution in [-0.2, 0) is 0 Å². The zero-order valence-corrected chi connectivity index (χ0v) is 15.4. The molecule has 0 saturated carbocycles. The maximum atomic E-state index is 12.8. The minimum Gasteiger partial charge on any atom is -0.493 e. The number of benzene rings is 2. The van der Waals surface area contributed by atoms with Gasteiger partial charge in [0, 0.05) is 17.8 Å². The summed E-state index contributed by atoms with van der Waals surface area (Å²) in [7, 11) is 5.95. The Kier molecular flexibility index (Phi) is 5.25. The molecule has 0 saturated heterocycles. The van der Waals surface area contributed by atoms with Crippen LogP contribution in [0.3, 0.4) is 0 Å². The van der Waals surface area contributed by atoms with E-state index in [2.05, 4.69) is 15.3 Å². The molecule has 0 atom stereocenters. The zero-order valence-electron chi connectivity index (χ0n) is 15.4. The molecule has 0 aliphatic carbocycles. The number of amides is 1. The summed E-state index contributed by atoms with van der Waals surface area (Å²) in [4.78, 5) is 21.5. The van der Waals surface area contributed by atoms with E-state index in [1.165, 1.54) is 28.4 Å². The molecule has 1 aromatic heterocycles. The number of ether oxygens (including phenoxy) is 4. The van der Waals surface area contributed by atoms with Crippen molar-refractivity contribution in [2.45, 2.75) is 0 Å². The molecular weight excluding hydrogens is 350 g/mol. The molecular formula is C19H19N3O5. The predicted octanol–water partition coefficient (Wildman–Crippen LogP) is 2.92. The molecule has 0 aliphatic heterocycles. The van der Waals surface area contributed by atoms with Crippen molar-refractivity contribution in [1.29, 1.82) is 0 Å². The summed E-state index contributed by atoms with van der Waals surface area (Å²) in [6.45, 7) is 0. The second kappa shape index (κ2) is 7.77. The average molecular weight is 369 g/mol. The van der Waals surface area contributed by atoms with Gasteiger partial charge in [-0.25, -0.2) is 9.97 Å². The molecule has 140 valence electrons. The van der Waals surface area contributed by atoms with Crippen molar-refractivity contribution >= 4 is 22.6 Å². The number of carbonyl (C=O) groups is 1. The maximum Gasteiger partial charge on any atom is 0.279 e. The molecule has 2 aromatic carbocycles. The minimum atomic E-state index is -0.473. The highest BCUT2D eigenvalue weighted by Crippen LogP contribution is 2.40. The molecule has 1 N–H and O–H groups in total. The third-order valence-corrected chi connectivity index (χ3v) is 3.87. The van der Waals surface area contributed by atoms with Crippen LogP contribution in [0.25, 0.3) is 11.0 Å². The molecule has 3 rings (SSSR count). The second-order valence-electron chi connectivity index (χ2n) is 5.44. The monoisotopic (exact) mass is 369 g/mol. The Bertz CT molecular complexity index is 965. The quantitative estimate of drug-likeness (QED) is 0.714. The minimum absolute atomic E-state index is 0.0740. The van der Waals surface area contributed by atoms with Gasteiger partial charge in [-0.1, -0.05) is 12.1 Å². The number of rotatable bonds is 6. The van der Waals surface area contributed by atoms with Crippen molar-refractivity contribution in [2.24, 2.45) is 0 Å². The number of hydrogen-bond acceptors (Lipinski definition) is 7. The number of hydrogen-bond donors (Lipinski definition) is 1. The molecule has 3 aromatic rings. The fourth-order valence-corrected chi connectivity index (χ4v) is 2.62. The SMILES string of the molecule is COc1cc(NC(=O)c2nc3ccccc3nc2OC)cc(OC)c1OC. The Morgan fingerprint density at radius 2 is 1.44 bits per heavy atom. The van der Waals surface area contributed by atoms with E-state index >= 15 is 0 Å². The van der Waals surface area contributed by atoms with E-state index in [4.69, 9.17) is 18.9 Å². The van der Waals surface area contributed by atoms with Gasteiger partial charge in [0.2, 0.25) is 11.6 Å². The first-order chi connectivity index (χ1) is 13.1. The van der Waals surface area contributed by atoms with Crippen LogP contribution in [0.5, 0.6) is 23.1 Å². The molecule has 0 spiro atoms. The van der Waals surface area contributed by atoms with Gasteiger partial charge in [-0.3, -0.25) is 4.79 Å². The molecule has 0 bridgehead atoms. The molecule has 8 nitrogen and oxygen atoms in total. The number of methoxy groups -OCH3 is 4. The summed E-state index contributed by atoms with van der Waals surface area (Å²) in [6.07, 6.45) is 0. The Morgan fingerprint density at radius 1 is 0.852 bits per heavy atom.